The lowest BCUT2D eigenvalue weighted by Crippen LogP contribution is -2.31. The zero-order valence-electron chi connectivity index (χ0n) is 16.4. The molecule has 0 spiro atoms. The second-order valence-electron chi connectivity index (χ2n) is 7.17. The number of benzene rings is 2. The van der Waals surface area contributed by atoms with Crippen molar-refractivity contribution in [3.05, 3.63) is 54.1 Å². The van der Waals surface area contributed by atoms with Crippen molar-refractivity contribution < 1.29 is 14.6 Å². The van der Waals surface area contributed by atoms with Crippen molar-refractivity contribution in [2.24, 2.45) is 10.2 Å². The molecule has 1 aromatic heterocycles. The summed E-state index contributed by atoms with van der Waals surface area (Å²) >= 11 is 0. The van der Waals surface area contributed by atoms with Crippen molar-refractivity contribution >= 4 is 22.5 Å². The Hall–Kier alpha value is -3.19. The van der Waals surface area contributed by atoms with Crippen LogP contribution in [-0.2, 0) is 6.67 Å². The van der Waals surface area contributed by atoms with Gasteiger partial charge in [-0.15, -0.1) is 10.2 Å². The topological polar surface area (TPSA) is 79.4 Å². The maximum absolute atomic E-state index is 12.4. The average Bonchev–Trinajstić information content (AvgIpc) is 3.04. The first-order valence-electron chi connectivity index (χ1n) is 9.80. The summed E-state index contributed by atoms with van der Waals surface area (Å²) in [5, 5.41) is 19.6. The van der Waals surface area contributed by atoms with E-state index >= 15 is 0 Å². The Morgan fingerprint density at radius 3 is 2.52 bits per heavy atom. The molecule has 2 heterocycles. The first-order chi connectivity index (χ1) is 14.2. The molecule has 7 heteroatoms. The van der Waals surface area contributed by atoms with Crippen LogP contribution >= 0.6 is 0 Å². The third kappa shape index (κ3) is 4.00. The number of piperidine rings is 1. The minimum Gasteiger partial charge on any atom is -0.497 e. The number of amides is 1. The zero-order chi connectivity index (χ0) is 20.2. The number of aromatic nitrogens is 1. The fourth-order valence-electron chi connectivity index (χ4n) is 3.70. The van der Waals surface area contributed by atoms with Gasteiger partial charge >= 0.3 is 0 Å². The zero-order valence-corrected chi connectivity index (χ0v) is 16.4. The Labute approximate surface area is 169 Å². The van der Waals surface area contributed by atoms with E-state index < -0.39 is 5.91 Å². The molecule has 3 aromatic rings. The van der Waals surface area contributed by atoms with Gasteiger partial charge in [0.25, 0.3) is 5.91 Å². The van der Waals surface area contributed by atoms with Gasteiger partial charge in [-0.1, -0.05) is 24.6 Å². The van der Waals surface area contributed by atoms with Crippen LogP contribution in [0.5, 0.6) is 11.6 Å². The van der Waals surface area contributed by atoms with Crippen LogP contribution in [0.1, 0.15) is 29.6 Å². The lowest BCUT2D eigenvalue weighted by atomic mass is 10.1. The molecule has 0 atom stereocenters. The van der Waals surface area contributed by atoms with Crippen molar-refractivity contribution in [3.8, 4) is 11.6 Å². The molecule has 1 aliphatic heterocycles. The smallest absolute Gasteiger partial charge is 0.295 e. The van der Waals surface area contributed by atoms with E-state index in [9.17, 15) is 9.90 Å². The molecule has 1 N–H and O–H groups in total. The minimum atomic E-state index is -0.472. The Balaban J connectivity index is 1.63. The van der Waals surface area contributed by atoms with E-state index in [0.717, 1.165) is 24.0 Å². The molecule has 1 saturated heterocycles. The first-order valence-corrected chi connectivity index (χ1v) is 9.80. The highest BCUT2D eigenvalue weighted by molar-refractivity contribution is 5.97. The molecule has 0 bridgehead atoms. The van der Waals surface area contributed by atoms with Crippen molar-refractivity contribution in [1.29, 1.82) is 0 Å². The number of azo groups is 1. The highest BCUT2D eigenvalue weighted by Gasteiger charge is 2.19. The van der Waals surface area contributed by atoms with Crippen LogP contribution in [0.4, 0.5) is 5.69 Å². The van der Waals surface area contributed by atoms with E-state index in [1.54, 1.807) is 31.4 Å². The first kappa shape index (κ1) is 19.1. The summed E-state index contributed by atoms with van der Waals surface area (Å²) < 4.78 is 6.94. The minimum absolute atomic E-state index is 0.0306. The van der Waals surface area contributed by atoms with Crippen LogP contribution in [-0.4, -0.2) is 40.7 Å². The van der Waals surface area contributed by atoms with E-state index in [2.05, 4.69) is 15.1 Å². The molecule has 150 valence electrons. The molecule has 0 saturated carbocycles. The summed E-state index contributed by atoms with van der Waals surface area (Å²) in [6.45, 7) is 2.62. The Morgan fingerprint density at radius 2 is 1.79 bits per heavy atom. The lowest BCUT2D eigenvalue weighted by Gasteiger charge is -2.27. The van der Waals surface area contributed by atoms with Gasteiger partial charge in [-0.05, 0) is 56.3 Å². The van der Waals surface area contributed by atoms with Gasteiger partial charge < -0.3 is 9.84 Å². The number of ether oxygens (including phenoxy) is 1. The SMILES string of the molecule is COc1ccc(C(=O)N=Nc2c(O)n(CN3CCCCC3)c3ccccc23)cc1. The van der Waals surface area contributed by atoms with Gasteiger partial charge in [0.15, 0.2) is 5.69 Å². The predicted octanol–water partition coefficient (Wildman–Crippen LogP) is 4.72. The maximum atomic E-state index is 12.4. The molecule has 1 aliphatic rings. The van der Waals surface area contributed by atoms with Gasteiger partial charge in [-0.3, -0.25) is 14.3 Å². The Kier molecular flexibility index (Phi) is 5.57. The second kappa shape index (κ2) is 8.45. The number of para-hydroxylation sites is 1. The van der Waals surface area contributed by atoms with Crippen LogP contribution < -0.4 is 4.74 Å². The normalized spacial score (nSPS) is 15.2. The summed E-state index contributed by atoms with van der Waals surface area (Å²) in [4.78, 5) is 14.7. The molecule has 0 unspecified atom stereocenters. The van der Waals surface area contributed by atoms with E-state index in [1.807, 2.05) is 28.8 Å². The molecule has 1 fully saturated rings. The van der Waals surface area contributed by atoms with Gasteiger partial charge in [0, 0.05) is 10.9 Å². The van der Waals surface area contributed by atoms with Gasteiger partial charge in [-0.25, -0.2) is 0 Å². The quantitative estimate of drug-likeness (QED) is 0.637. The number of hydrogen-bond donors (Lipinski definition) is 1. The number of aromatic hydroxyl groups is 1. The predicted molar refractivity (Wildman–Crippen MR) is 111 cm³/mol. The van der Waals surface area contributed by atoms with Crippen LogP contribution in [0, 0.1) is 0 Å². The van der Waals surface area contributed by atoms with E-state index in [1.165, 1.54) is 19.3 Å². The van der Waals surface area contributed by atoms with Crippen molar-refractivity contribution in [1.82, 2.24) is 9.47 Å². The Morgan fingerprint density at radius 1 is 1.07 bits per heavy atom. The third-order valence-electron chi connectivity index (χ3n) is 5.29. The standard InChI is InChI=1S/C22H24N4O3/c1-29-17-11-9-16(10-12-17)21(27)24-23-20-18-7-3-4-8-19(18)26(22(20)28)15-25-13-5-2-6-14-25/h3-4,7-12,28H,2,5-6,13-15H2,1H3. The summed E-state index contributed by atoms with van der Waals surface area (Å²) in [6, 6.07) is 14.3. The molecule has 7 nitrogen and oxygen atoms in total. The number of rotatable bonds is 5. The van der Waals surface area contributed by atoms with E-state index in [0.29, 0.717) is 23.7 Å². The van der Waals surface area contributed by atoms with Gasteiger partial charge in [-0.2, -0.15) is 0 Å². The number of likely N-dealkylation sites (tertiary alicyclic amines) is 1. The highest BCUT2D eigenvalue weighted by Crippen LogP contribution is 2.39. The van der Waals surface area contributed by atoms with Crippen LogP contribution in [0.15, 0.2) is 58.8 Å². The number of carbonyl (C=O) groups excluding carboxylic acids is 1. The lowest BCUT2D eigenvalue weighted by molar-refractivity contribution is 0.0995. The van der Waals surface area contributed by atoms with E-state index in [-0.39, 0.29) is 5.88 Å². The summed E-state index contributed by atoms with van der Waals surface area (Å²) in [7, 11) is 1.57. The fourth-order valence-corrected chi connectivity index (χ4v) is 3.70. The van der Waals surface area contributed by atoms with Crippen LogP contribution in [0.3, 0.4) is 0 Å². The van der Waals surface area contributed by atoms with Gasteiger partial charge in [0.05, 0.1) is 19.3 Å². The number of methoxy groups -OCH3 is 1. The number of fused-ring (bicyclic) bond motifs is 1. The molecule has 4 rings (SSSR count). The third-order valence-corrected chi connectivity index (χ3v) is 5.29. The van der Waals surface area contributed by atoms with Crippen LogP contribution in [0.2, 0.25) is 0 Å². The average molecular weight is 392 g/mol. The molecular weight excluding hydrogens is 368 g/mol. The van der Waals surface area contributed by atoms with Crippen LogP contribution in [0.25, 0.3) is 10.9 Å². The van der Waals surface area contributed by atoms with Gasteiger partial charge in [0.2, 0.25) is 5.88 Å². The van der Waals surface area contributed by atoms with Gasteiger partial charge in [0.1, 0.15) is 5.75 Å². The molecule has 2 aromatic carbocycles. The highest BCUT2D eigenvalue weighted by atomic mass is 16.5. The monoisotopic (exact) mass is 392 g/mol. The van der Waals surface area contributed by atoms with Crippen molar-refractivity contribution in [3.63, 3.8) is 0 Å². The number of nitrogens with zero attached hydrogens (tertiary/aromatic N) is 4. The van der Waals surface area contributed by atoms with Crippen molar-refractivity contribution in [2.45, 2.75) is 25.9 Å². The van der Waals surface area contributed by atoms with Crippen molar-refractivity contribution in [2.75, 3.05) is 20.2 Å². The number of carbonyl (C=O) groups is 1. The Bertz CT molecular complexity index is 1030. The van der Waals surface area contributed by atoms with E-state index in [4.69, 9.17) is 4.74 Å². The maximum Gasteiger partial charge on any atom is 0.295 e. The summed E-state index contributed by atoms with van der Waals surface area (Å²) in [5.74, 6) is 0.222. The molecule has 0 aliphatic carbocycles. The fraction of sp³-hybridized carbons (Fsp3) is 0.318. The molecular formula is C22H24N4O3. The molecule has 0 radical (unpaired) electrons. The summed E-state index contributed by atoms with van der Waals surface area (Å²) in [5.41, 5.74) is 1.60. The summed E-state index contributed by atoms with van der Waals surface area (Å²) in [6.07, 6.45) is 3.59. The largest absolute Gasteiger partial charge is 0.497 e. The number of hydrogen-bond acceptors (Lipinski definition) is 5. The second-order valence-corrected chi connectivity index (χ2v) is 7.17. The molecule has 29 heavy (non-hydrogen) atoms. The molecule has 1 amide bonds.